The minimum Gasteiger partial charge on any atom is -0.430 e. The van der Waals surface area contributed by atoms with Crippen molar-refractivity contribution in [2.24, 2.45) is 0 Å². The second kappa shape index (κ2) is 6.12. The molecule has 0 unspecified atom stereocenters. The molecule has 0 radical (unpaired) electrons. The maximum Gasteiger partial charge on any atom is 0.299 e. The van der Waals surface area contributed by atoms with E-state index in [2.05, 4.69) is 48.4 Å². The van der Waals surface area contributed by atoms with Crippen LogP contribution in [-0.4, -0.2) is 17.2 Å². The SMILES string of the molecule is CNCc1nnc(Oc2ccc(C(C)C)c(C)c2)s1. The van der Waals surface area contributed by atoms with Gasteiger partial charge in [0.2, 0.25) is 0 Å². The fourth-order valence-electron chi connectivity index (χ4n) is 1.96. The first-order chi connectivity index (χ1) is 9.10. The lowest BCUT2D eigenvalue weighted by atomic mass is 9.98. The number of aromatic nitrogens is 2. The summed E-state index contributed by atoms with van der Waals surface area (Å²) in [5.41, 5.74) is 2.59. The van der Waals surface area contributed by atoms with Gasteiger partial charge in [-0.05, 0) is 43.1 Å². The van der Waals surface area contributed by atoms with Gasteiger partial charge in [-0.25, -0.2) is 0 Å². The number of ether oxygens (including phenoxy) is 1. The molecule has 19 heavy (non-hydrogen) atoms. The van der Waals surface area contributed by atoms with Gasteiger partial charge in [-0.2, -0.15) is 0 Å². The summed E-state index contributed by atoms with van der Waals surface area (Å²) in [6.07, 6.45) is 0. The topological polar surface area (TPSA) is 47.0 Å². The fraction of sp³-hybridized carbons (Fsp3) is 0.429. The van der Waals surface area contributed by atoms with Gasteiger partial charge < -0.3 is 10.1 Å². The molecule has 0 saturated carbocycles. The van der Waals surface area contributed by atoms with Crippen molar-refractivity contribution in [1.82, 2.24) is 15.5 Å². The number of nitrogens with zero attached hydrogens (tertiary/aromatic N) is 2. The van der Waals surface area contributed by atoms with Gasteiger partial charge >= 0.3 is 0 Å². The highest BCUT2D eigenvalue weighted by Gasteiger charge is 2.08. The maximum absolute atomic E-state index is 5.74. The Kier molecular flexibility index (Phi) is 4.50. The van der Waals surface area contributed by atoms with Crippen LogP contribution in [0.4, 0.5) is 0 Å². The largest absolute Gasteiger partial charge is 0.430 e. The second-order valence-corrected chi connectivity index (χ2v) is 5.79. The molecular formula is C14H19N3OS. The van der Waals surface area contributed by atoms with E-state index >= 15 is 0 Å². The second-order valence-electron chi connectivity index (χ2n) is 4.77. The quantitative estimate of drug-likeness (QED) is 0.909. The van der Waals surface area contributed by atoms with Crippen molar-refractivity contribution in [1.29, 1.82) is 0 Å². The molecule has 0 aliphatic rings. The first kappa shape index (κ1) is 14.0. The molecule has 0 bridgehead atoms. The molecule has 1 aromatic heterocycles. The van der Waals surface area contributed by atoms with Gasteiger partial charge in [0.15, 0.2) is 0 Å². The Morgan fingerprint density at radius 2 is 2.11 bits per heavy atom. The van der Waals surface area contributed by atoms with Crippen molar-refractivity contribution in [2.75, 3.05) is 7.05 Å². The summed E-state index contributed by atoms with van der Waals surface area (Å²) in [6.45, 7) is 7.20. The molecule has 1 heterocycles. The van der Waals surface area contributed by atoms with E-state index in [0.29, 0.717) is 17.7 Å². The number of rotatable bonds is 5. The zero-order valence-corrected chi connectivity index (χ0v) is 12.5. The lowest BCUT2D eigenvalue weighted by Crippen LogP contribution is -2.04. The number of hydrogen-bond donors (Lipinski definition) is 1. The zero-order chi connectivity index (χ0) is 13.8. The van der Waals surface area contributed by atoms with E-state index in [0.717, 1.165) is 10.8 Å². The predicted molar refractivity (Wildman–Crippen MR) is 78.0 cm³/mol. The van der Waals surface area contributed by atoms with E-state index in [-0.39, 0.29) is 0 Å². The first-order valence-electron chi connectivity index (χ1n) is 6.35. The number of benzene rings is 1. The van der Waals surface area contributed by atoms with Crippen LogP contribution in [0.3, 0.4) is 0 Å². The van der Waals surface area contributed by atoms with Crippen LogP contribution in [0.25, 0.3) is 0 Å². The molecule has 4 nitrogen and oxygen atoms in total. The van der Waals surface area contributed by atoms with Crippen LogP contribution in [-0.2, 0) is 6.54 Å². The summed E-state index contributed by atoms with van der Waals surface area (Å²) in [6, 6.07) is 6.15. The molecular weight excluding hydrogens is 258 g/mol. The van der Waals surface area contributed by atoms with Crippen LogP contribution in [0.2, 0.25) is 0 Å². The summed E-state index contributed by atoms with van der Waals surface area (Å²) in [4.78, 5) is 0. The van der Waals surface area contributed by atoms with Crippen molar-refractivity contribution < 1.29 is 4.74 Å². The fourth-order valence-corrected chi connectivity index (χ4v) is 2.68. The Hall–Kier alpha value is -1.46. The van der Waals surface area contributed by atoms with Crippen LogP contribution >= 0.6 is 11.3 Å². The molecule has 0 saturated heterocycles. The summed E-state index contributed by atoms with van der Waals surface area (Å²) in [7, 11) is 1.88. The molecule has 102 valence electrons. The molecule has 0 aliphatic carbocycles. The summed E-state index contributed by atoms with van der Waals surface area (Å²) in [5, 5.41) is 12.6. The first-order valence-corrected chi connectivity index (χ1v) is 7.17. The van der Waals surface area contributed by atoms with Gasteiger partial charge in [0.25, 0.3) is 5.19 Å². The van der Waals surface area contributed by atoms with Crippen molar-refractivity contribution in [3.8, 4) is 10.9 Å². The number of aryl methyl sites for hydroxylation is 1. The van der Waals surface area contributed by atoms with Gasteiger partial charge in [0, 0.05) is 6.54 Å². The third kappa shape index (κ3) is 3.52. The average Bonchev–Trinajstić information content (AvgIpc) is 2.76. The van der Waals surface area contributed by atoms with Crippen LogP contribution in [0.5, 0.6) is 10.9 Å². The van der Waals surface area contributed by atoms with Crippen molar-refractivity contribution in [3.63, 3.8) is 0 Å². The molecule has 5 heteroatoms. The van der Waals surface area contributed by atoms with Crippen LogP contribution < -0.4 is 10.1 Å². The van der Waals surface area contributed by atoms with Gasteiger partial charge in [-0.15, -0.1) is 5.10 Å². The Bertz CT molecular complexity index is 551. The Morgan fingerprint density at radius 3 is 2.74 bits per heavy atom. The number of hydrogen-bond acceptors (Lipinski definition) is 5. The van der Waals surface area contributed by atoms with Crippen LogP contribution in [0.1, 0.15) is 35.9 Å². The Labute approximate surface area is 117 Å². The highest BCUT2D eigenvalue weighted by atomic mass is 32.1. The van der Waals surface area contributed by atoms with E-state index < -0.39 is 0 Å². The maximum atomic E-state index is 5.74. The minimum atomic E-state index is 0.526. The van der Waals surface area contributed by atoms with E-state index in [9.17, 15) is 0 Å². The summed E-state index contributed by atoms with van der Waals surface area (Å²) >= 11 is 1.46. The summed E-state index contributed by atoms with van der Waals surface area (Å²) in [5.74, 6) is 1.34. The van der Waals surface area contributed by atoms with E-state index in [1.807, 2.05) is 13.1 Å². The lowest BCUT2D eigenvalue weighted by molar-refractivity contribution is 0.472. The lowest BCUT2D eigenvalue weighted by Gasteiger charge is -2.10. The molecule has 2 aromatic rings. The molecule has 0 fully saturated rings. The molecule has 0 atom stereocenters. The van der Waals surface area contributed by atoms with Gasteiger partial charge in [-0.3, -0.25) is 0 Å². The average molecular weight is 277 g/mol. The molecule has 0 amide bonds. The van der Waals surface area contributed by atoms with E-state index in [1.54, 1.807) is 0 Å². The van der Waals surface area contributed by atoms with Gasteiger partial charge in [0.05, 0.1) is 0 Å². The molecule has 2 rings (SSSR count). The highest BCUT2D eigenvalue weighted by Crippen LogP contribution is 2.28. The van der Waals surface area contributed by atoms with Crippen molar-refractivity contribution in [2.45, 2.75) is 33.2 Å². The standard InChI is InChI=1S/C14H19N3OS/c1-9(2)12-6-5-11(7-10(12)3)18-14-17-16-13(19-14)8-15-4/h5-7,9,15H,8H2,1-4H3. The Morgan fingerprint density at radius 1 is 1.32 bits per heavy atom. The van der Waals surface area contributed by atoms with Gasteiger partial charge in [-0.1, -0.05) is 36.3 Å². The van der Waals surface area contributed by atoms with Crippen LogP contribution in [0.15, 0.2) is 18.2 Å². The summed E-state index contributed by atoms with van der Waals surface area (Å²) < 4.78 is 5.74. The van der Waals surface area contributed by atoms with E-state index in [4.69, 9.17) is 4.74 Å². The molecule has 1 aromatic carbocycles. The van der Waals surface area contributed by atoms with E-state index in [1.165, 1.54) is 22.5 Å². The normalized spacial score (nSPS) is 11.0. The molecule has 0 aliphatic heterocycles. The van der Waals surface area contributed by atoms with Gasteiger partial charge in [0.1, 0.15) is 10.8 Å². The predicted octanol–water partition coefficient (Wildman–Crippen LogP) is 3.48. The smallest absolute Gasteiger partial charge is 0.299 e. The minimum absolute atomic E-state index is 0.526. The molecule has 0 spiro atoms. The third-order valence-corrected chi connectivity index (χ3v) is 3.65. The van der Waals surface area contributed by atoms with Crippen LogP contribution in [0, 0.1) is 6.92 Å². The zero-order valence-electron chi connectivity index (χ0n) is 11.7. The third-order valence-electron chi connectivity index (χ3n) is 2.84. The highest BCUT2D eigenvalue weighted by molar-refractivity contribution is 7.13. The molecule has 1 N–H and O–H groups in total. The van der Waals surface area contributed by atoms with Crippen molar-refractivity contribution >= 4 is 11.3 Å². The number of nitrogens with one attached hydrogen (secondary N) is 1. The Balaban J connectivity index is 2.12. The monoisotopic (exact) mass is 277 g/mol. The van der Waals surface area contributed by atoms with Crippen molar-refractivity contribution in [3.05, 3.63) is 34.3 Å².